The van der Waals surface area contributed by atoms with E-state index in [4.69, 9.17) is 5.73 Å². The number of sulfonamides is 1. The van der Waals surface area contributed by atoms with Crippen molar-refractivity contribution in [2.45, 2.75) is 18.4 Å². The van der Waals surface area contributed by atoms with Gasteiger partial charge in [0, 0.05) is 18.4 Å². The van der Waals surface area contributed by atoms with Crippen molar-refractivity contribution in [1.82, 2.24) is 9.71 Å². The number of phenolic OH excluding ortho intramolecular Hbond substituents is 1. The summed E-state index contributed by atoms with van der Waals surface area (Å²) in [5, 5.41) is 9.29. The number of pyridine rings is 1. The van der Waals surface area contributed by atoms with E-state index >= 15 is 0 Å². The van der Waals surface area contributed by atoms with Crippen molar-refractivity contribution >= 4 is 15.7 Å². The number of aromatic hydroxyl groups is 1. The zero-order valence-electron chi connectivity index (χ0n) is 10.9. The fourth-order valence-corrected chi connectivity index (χ4v) is 2.62. The van der Waals surface area contributed by atoms with Crippen LogP contribution in [0.15, 0.2) is 41.4 Å². The third-order valence-electron chi connectivity index (χ3n) is 2.75. The molecule has 20 heavy (non-hydrogen) atoms. The average molecular weight is 293 g/mol. The highest BCUT2D eigenvalue weighted by Crippen LogP contribution is 2.23. The van der Waals surface area contributed by atoms with Gasteiger partial charge in [0.05, 0.1) is 10.6 Å². The van der Waals surface area contributed by atoms with Crippen LogP contribution in [-0.2, 0) is 16.6 Å². The first kappa shape index (κ1) is 14.3. The molecule has 0 saturated heterocycles. The minimum absolute atomic E-state index is 0.00729. The molecule has 4 N–H and O–H groups in total. The van der Waals surface area contributed by atoms with Gasteiger partial charge in [-0.15, -0.1) is 0 Å². The number of aromatic nitrogens is 1. The van der Waals surface area contributed by atoms with Crippen LogP contribution in [0.5, 0.6) is 5.75 Å². The summed E-state index contributed by atoms with van der Waals surface area (Å²) >= 11 is 0. The largest absolute Gasteiger partial charge is 0.506 e. The SMILES string of the molecule is Cc1ccc(CNS(=O)(=O)c2ccc(O)c(N)c2)cn1. The first-order valence-corrected chi connectivity index (χ1v) is 7.36. The van der Waals surface area contributed by atoms with Gasteiger partial charge in [0.1, 0.15) is 5.75 Å². The molecule has 0 saturated carbocycles. The van der Waals surface area contributed by atoms with Crippen LogP contribution >= 0.6 is 0 Å². The maximum Gasteiger partial charge on any atom is 0.240 e. The minimum atomic E-state index is -3.68. The van der Waals surface area contributed by atoms with Crippen LogP contribution in [0.3, 0.4) is 0 Å². The van der Waals surface area contributed by atoms with Gasteiger partial charge in [-0.3, -0.25) is 4.98 Å². The average Bonchev–Trinajstić information content (AvgIpc) is 2.41. The van der Waals surface area contributed by atoms with E-state index in [9.17, 15) is 13.5 Å². The fourth-order valence-electron chi connectivity index (χ4n) is 1.56. The number of rotatable bonds is 4. The standard InChI is InChI=1S/C13H15N3O3S/c1-9-2-3-10(7-15-9)8-16-20(18,19)11-4-5-13(17)12(14)6-11/h2-7,16-17H,8,14H2,1H3. The maximum atomic E-state index is 12.1. The van der Waals surface area contributed by atoms with E-state index in [1.165, 1.54) is 18.2 Å². The maximum absolute atomic E-state index is 12.1. The molecule has 0 radical (unpaired) electrons. The molecule has 7 heteroatoms. The monoisotopic (exact) mass is 293 g/mol. The molecule has 6 nitrogen and oxygen atoms in total. The molecule has 0 spiro atoms. The number of hydrogen-bond acceptors (Lipinski definition) is 5. The van der Waals surface area contributed by atoms with E-state index in [0.29, 0.717) is 0 Å². The summed E-state index contributed by atoms with van der Waals surface area (Å²) in [5.41, 5.74) is 7.13. The van der Waals surface area contributed by atoms with Crippen LogP contribution in [0.25, 0.3) is 0 Å². The van der Waals surface area contributed by atoms with E-state index in [-0.39, 0.29) is 22.9 Å². The molecule has 0 fully saturated rings. The van der Waals surface area contributed by atoms with E-state index in [0.717, 1.165) is 11.3 Å². The van der Waals surface area contributed by atoms with Gasteiger partial charge in [0.2, 0.25) is 10.0 Å². The van der Waals surface area contributed by atoms with Gasteiger partial charge < -0.3 is 10.8 Å². The third-order valence-corrected chi connectivity index (χ3v) is 4.15. The predicted molar refractivity (Wildman–Crippen MR) is 75.5 cm³/mol. The number of hydrogen-bond donors (Lipinski definition) is 3. The number of nitrogens with one attached hydrogen (secondary N) is 1. The van der Waals surface area contributed by atoms with E-state index in [1.807, 2.05) is 13.0 Å². The van der Waals surface area contributed by atoms with Gasteiger partial charge in [0.25, 0.3) is 0 Å². The lowest BCUT2D eigenvalue weighted by atomic mass is 10.2. The highest BCUT2D eigenvalue weighted by Gasteiger charge is 2.15. The zero-order chi connectivity index (χ0) is 14.8. The number of nitrogen functional groups attached to an aromatic ring is 1. The lowest BCUT2D eigenvalue weighted by Gasteiger charge is -2.08. The molecule has 1 aromatic carbocycles. The Morgan fingerprint density at radius 2 is 2.05 bits per heavy atom. The Morgan fingerprint density at radius 1 is 1.30 bits per heavy atom. The molecule has 106 valence electrons. The molecule has 1 aromatic heterocycles. The summed E-state index contributed by atoms with van der Waals surface area (Å²) in [5.74, 6) is -0.147. The zero-order valence-corrected chi connectivity index (χ0v) is 11.7. The van der Waals surface area contributed by atoms with Crippen LogP contribution in [0, 0.1) is 6.92 Å². The fraction of sp³-hybridized carbons (Fsp3) is 0.154. The third kappa shape index (κ3) is 3.25. The first-order valence-electron chi connectivity index (χ1n) is 5.88. The number of benzene rings is 1. The second kappa shape index (κ2) is 5.48. The second-order valence-electron chi connectivity index (χ2n) is 4.35. The predicted octanol–water partition coefficient (Wildman–Crippen LogP) is 1.16. The molecule has 2 rings (SSSR count). The minimum Gasteiger partial charge on any atom is -0.506 e. The molecular formula is C13H15N3O3S. The summed E-state index contributed by atoms with van der Waals surface area (Å²) < 4.78 is 26.6. The topological polar surface area (TPSA) is 105 Å². The van der Waals surface area contributed by atoms with Gasteiger partial charge in [-0.1, -0.05) is 6.07 Å². The second-order valence-corrected chi connectivity index (χ2v) is 6.12. The molecule has 0 aliphatic heterocycles. The van der Waals surface area contributed by atoms with Gasteiger partial charge in [-0.05, 0) is 36.8 Å². The Kier molecular flexibility index (Phi) is 3.91. The lowest BCUT2D eigenvalue weighted by molar-refractivity contribution is 0.477. The number of nitrogens with zero attached hydrogens (tertiary/aromatic N) is 1. The Hall–Kier alpha value is -2.12. The van der Waals surface area contributed by atoms with Crippen LogP contribution < -0.4 is 10.5 Å². The molecule has 0 atom stereocenters. The van der Waals surface area contributed by atoms with Crippen LogP contribution in [0.2, 0.25) is 0 Å². The van der Waals surface area contributed by atoms with Crippen molar-refractivity contribution in [2.75, 3.05) is 5.73 Å². The quantitative estimate of drug-likeness (QED) is 0.579. The molecule has 2 aromatic rings. The smallest absolute Gasteiger partial charge is 0.240 e. The Bertz CT molecular complexity index is 712. The molecule has 0 bridgehead atoms. The highest BCUT2D eigenvalue weighted by molar-refractivity contribution is 7.89. The Labute approximate surface area is 117 Å². The van der Waals surface area contributed by atoms with Gasteiger partial charge >= 0.3 is 0 Å². The van der Waals surface area contributed by atoms with Crippen LogP contribution in [0.4, 0.5) is 5.69 Å². The highest BCUT2D eigenvalue weighted by atomic mass is 32.2. The van der Waals surface area contributed by atoms with E-state index in [1.54, 1.807) is 12.3 Å². The summed E-state index contributed by atoms with van der Waals surface area (Å²) in [4.78, 5) is 4.10. The van der Waals surface area contributed by atoms with Gasteiger partial charge in [-0.25, -0.2) is 13.1 Å². The summed E-state index contributed by atoms with van der Waals surface area (Å²) in [6.07, 6.45) is 1.61. The number of anilines is 1. The Morgan fingerprint density at radius 3 is 2.65 bits per heavy atom. The van der Waals surface area contributed by atoms with Crippen LogP contribution in [-0.4, -0.2) is 18.5 Å². The lowest BCUT2D eigenvalue weighted by Crippen LogP contribution is -2.23. The van der Waals surface area contributed by atoms with Crippen molar-refractivity contribution in [3.63, 3.8) is 0 Å². The molecule has 0 unspecified atom stereocenters. The van der Waals surface area contributed by atoms with Crippen molar-refractivity contribution in [3.05, 3.63) is 47.8 Å². The van der Waals surface area contributed by atoms with Crippen molar-refractivity contribution in [1.29, 1.82) is 0 Å². The first-order chi connectivity index (χ1) is 9.38. The number of aryl methyl sites for hydroxylation is 1. The normalized spacial score (nSPS) is 11.4. The summed E-state index contributed by atoms with van der Waals surface area (Å²) in [6.45, 7) is 1.99. The summed E-state index contributed by atoms with van der Waals surface area (Å²) in [7, 11) is -3.68. The number of nitrogens with two attached hydrogens (primary N) is 1. The molecular weight excluding hydrogens is 278 g/mol. The van der Waals surface area contributed by atoms with E-state index < -0.39 is 10.0 Å². The number of phenols is 1. The molecule has 1 heterocycles. The van der Waals surface area contributed by atoms with Crippen molar-refractivity contribution in [2.24, 2.45) is 0 Å². The van der Waals surface area contributed by atoms with Crippen LogP contribution in [0.1, 0.15) is 11.3 Å². The molecule has 0 aliphatic rings. The van der Waals surface area contributed by atoms with Gasteiger partial charge in [-0.2, -0.15) is 0 Å². The summed E-state index contributed by atoms with van der Waals surface area (Å²) in [6, 6.07) is 7.36. The van der Waals surface area contributed by atoms with E-state index in [2.05, 4.69) is 9.71 Å². The molecule has 0 aliphatic carbocycles. The van der Waals surface area contributed by atoms with Gasteiger partial charge in [0.15, 0.2) is 0 Å². The van der Waals surface area contributed by atoms with Crippen molar-refractivity contribution in [3.8, 4) is 5.75 Å². The van der Waals surface area contributed by atoms with Crippen molar-refractivity contribution < 1.29 is 13.5 Å². The Balaban J connectivity index is 2.14. The molecule has 0 amide bonds.